The molecule has 3 aromatic rings. The van der Waals surface area contributed by atoms with E-state index in [1.807, 2.05) is 22.7 Å². The van der Waals surface area contributed by atoms with E-state index in [1.165, 1.54) is 0 Å². The molecule has 1 atom stereocenters. The van der Waals surface area contributed by atoms with E-state index in [2.05, 4.69) is 15.3 Å². The highest BCUT2D eigenvalue weighted by molar-refractivity contribution is 7.16. The van der Waals surface area contributed by atoms with Crippen LogP contribution in [0.4, 0.5) is 0 Å². The summed E-state index contributed by atoms with van der Waals surface area (Å²) in [6.45, 7) is 1.08. The first-order valence-electron chi connectivity index (χ1n) is 7.58. The molecule has 5 rings (SSSR count). The van der Waals surface area contributed by atoms with Gasteiger partial charge in [0.1, 0.15) is 11.1 Å². The van der Waals surface area contributed by atoms with Crippen molar-refractivity contribution in [3.05, 3.63) is 34.6 Å². The number of rotatable bonds is 3. The number of hydrogen-bond acceptors (Lipinski definition) is 7. The highest BCUT2D eigenvalue weighted by Gasteiger charge is 2.25. The maximum absolute atomic E-state index is 5.69. The van der Waals surface area contributed by atoms with Gasteiger partial charge in [-0.25, -0.2) is 0 Å². The first-order chi connectivity index (χ1) is 11.4. The van der Waals surface area contributed by atoms with Gasteiger partial charge in [0, 0.05) is 13.0 Å². The third-order valence-electron chi connectivity index (χ3n) is 4.07. The molecule has 1 aromatic carbocycles. The lowest BCUT2D eigenvalue weighted by atomic mass is 10.1. The second kappa shape index (κ2) is 5.17. The topological polar surface area (TPSA) is 70.8 Å². The lowest BCUT2D eigenvalue weighted by Gasteiger charge is -2.04. The summed E-state index contributed by atoms with van der Waals surface area (Å²) in [7, 11) is 0. The quantitative estimate of drug-likeness (QED) is 0.734. The summed E-state index contributed by atoms with van der Waals surface area (Å²) in [5.41, 5.74) is 1.14. The van der Waals surface area contributed by atoms with Crippen molar-refractivity contribution in [2.24, 2.45) is 0 Å². The maximum atomic E-state index is 5.69. The lowest BCUT2D eigenvalue weighted by Crippen LogP contribution is -2.04. The zero-order valence-electron chi connectivity index (χ0n) is 12.3. The minimum atomic E-state index is 0.0190. The molecule has 0 aliphatic carbocycles. The maximum Gasteiger partial charge on any atom is 0.234 e. The third kappa shape index (κ3) is 2.25. The molecule has 4 heterocycles. The molecule has 2 aliphatic rings. The van der Waals surface area contributed by atoms with Gasteiger partial charge in [0.2, 0.25) is 11.8 Å². The van der Waals surface area contributed by atoms with Crippen LogP contribution >= 0.6 is 11.3 Å². The molecule has 23 heavy (non-hydrogen) atoms. The smallest absolute Gasteiger partial charge is 0.234 e. The highest BCUT2D eigenvalue weighted by Crippen LogP contribution is 2.34. The number of fused-ring (bicyclic) bond motifs is 2. The Labute approximate surface area is 135 Å². The van der Waals surface area contributed by atoms with Gasteiger partial charge in [-0.15, -0.1) is 10.2 Å². The van der Waals surface area contributed by atoms with Gasteiger partial charge in [-0.05, 0) is 30.5 Å². The van der Waals surface area contributed by atoms with E-state index in [-0.39, 0.29) is 6.10 Å². The molecule has 0 spiro atoms. The fraction of sp³-hybridized carbons (Fsp3) is 0.400. The predicted octanol–water partition coefficient (Wildman–Crippen LogP) is 2.36. The molecule has 7 nitrogen and oxygen atoms in total. The predicted molar refractivity (Wildman–Crippen MR) is 82.0 cm³/mol. The Kier molecular flexibility index (Phi) is 2.98. The molecular formula is C15H14N4O3S. The van der Waals surface area contributed by atoms with Crippen LogP contribution < -0.4 is 9.47 Å². The molecule has 2 aromatic heterocycles. The average molecular weight is 330 g/mol. The van der Waals surface area contributed by atoms with Gasteiger partial charge in [-0.1, -0.05) is 17.4 Å². The van der Waals surface area contributed by atoms with Crippen LogP contribution in [0.1, 0.15) is 35.3 Å². The SMILES string of the molecule is c1cc2c(cc1Cc1nn3c(C4CCCO4)nnc3s1)OCO2. The Morgan fingerprint density at radius 3 is 3.09 bits per heavy atom. The summed E-state index contributed by atoms with van der Waals surface area (Å²) >= 11 is 1.56. The Bertz CT molecular complexity index is 869. The van der Waals surface area contributed by atoms with E-state index < -0.39 is 0 Å². The second-order valence-electron chi connectivity index (χ2n) is 5.61. The van der Waals surface area contributed by atoms with Crippen molar-refractivity contribution in [3.63, 3.8) is 0 Å². The molecule has 0 N–H and O–H groups in total. The molecule has 1 saturated heterocycles. The normalized spacial score (nSPS) is 19.7. The third-order valence-corrected chi connectivity index (χ3v) is 4.97. The fourth-order valence-electron chi connectivity index (χ4n) is 2.95. The molecular weight excluding hydrogens is 316 g/mol. The van der Waals surface area contributed by atoms with Gasteiger partial charge in [0.05, 0.1) is 0 Å². The molecule has 0 radical (unpaired) electrons. The first kappa shape index (κ1) is 13.3. The van der Waals surface area contributed by atoms with Crippen molar-refractivity contribution in [1.82, 2.24) is 19.8 Å². The molecule has 0 amide bonds. The standard InChI is InChI=1S/C15H14N4O3S/c1-2-11(20-5-1)14-16-17-15-19(14)18-13(23-15)7-9-3-4-10-12(6-9)22-8-21-10/h3-4,6,11H,1-2,5,7-8H2. The van der Waals surface area contributed by atoms with Crippen molar-refractivity contribution in [1.29, 1.82) is 0 Å². The zero-order valence-corrected chi connectivity index (χ0v) is 13.1. The summed E-state index contributed by atoms with van der Waals surface area (Å²) in [5, 5.41) is 14.1. The van der Waals surface area contributed by atoms with Crippen molar-refractivity contribution in [2.45, 2.75) is 25.4 Å². The fourth-order valence-corrected chi connectivity index (χ4v) is 3.83. The summed E-state index contributed by atoms with van der Waals surface area (Å²) < 4.78 is 18.3. The van der Waals surface area contributed by atoms with Crippen LogP contribution in [-0.2, 0) is 11.2 Å². The van der Waals surface area contributed by atoms with E-state index in [1.54, 1.807) is 11.3 Å². The van der Waals surface area contributed by atoms with E-state index >= 15 is 0 Å². The lowest BCUT2D eigenvalue weighted by molar-refractivity contribution is 0.103. The van der Waals surface area contributed by atoms with E-state index in [9.17, 15) is 0 Å². The van der Waals surface area contributed by atoms with E-state index in [0.29, 0.717) is 6.79 Å². The van der Waals surface area contributed by atoms with Gasteiger partial charge < -0.3 is 14.2 Å². The van der Waals surface area contributed by atoms with Crippen molar-refractivity contribution in [3.8, 4) is 11.5 Å². The van der Waals surface area contributed by atoms with Gasteiger partial charge in [-0.3, -0.25) is 0 Å². The molecule has 0 bridgehead atoms. The zero-order chi connectivity index (χ0) is 15.2. The average Bonchev–Trinajstić information content (AvgIpc) is 3.30. The van der Waals surface area contributed by atoms with Crippen molar-refractivity contribution >= 4 is 16.3 Å². The summed E-state index contributed by atoms with van der Waals surface area (Å²) in [4.78, 5) is 0.811. The van der Waals surface area contributed by atoms with Gasteiger partial charge in [0.25, 0.3) is 0 Å². The number of benzene rings is 1. The Morgan fingerprint density at radius 1 is 1.22 bits per heavy atom. The number of aromatic nitrogens is 4. The summed E-state index contributed by atoms with van der Waals surface area (Å²) in [5.74, 6) is 2.41. The summed E-state index contributed by atoms with van der Waals surface area (Å²) in [6.07, 6.45) is 2.80. The van der Waals surface area contributed by atoms with Gasteiger partial charge >= 0.3 is 0 Å². The van der Waals surface area contributed by atoms with Crippen molar-refractivity contribution < 1.29 is 14.2 Å². The van der Waals surface area contributed by atoms with Crippen LogP contribution in [0.15, 0.2) is 18.2 Å². The Hall–Kier alpha value is -2.19. The molecule has 0 saturated carbocycles. The monoisotopic (exact) mass is 330 g/mol. The minimum Gasteiger partial charge on any atom is -0.454 e. The van der Waals surface area contributed by atoms with Crippen molar-refractivity contribution in [2.75, 3.05) is 13.4 Å². The molecule has 8 heteroatoms. The van der Waals surface area contributed by atoms with Gasteiger partial charge in [0.15, 0.2) is 17.3 Å². The molecule has 118 valence electrons. The molecule has 2 aliphatic heterocycles. The highest BCUT2D eigenvalue weighted by atomic mass is 32.1. The molecule has 1 fully saturated rings. The van der Waals surface area contributed by atoms with Crippen LogP contribution in [0.25, 0.3) is 4.96 Å². The van der Waals surface area contributed by atoms with Crippen LogP contribution in [0.5, 0.6) is 11.5 Å². The Balaban J connectivity index is 1.44. The largest absolute Gasteiger partial charge is 0.454 e. The summed E-state index contributed by atoms with van der Waals surface area (Å²) in [6, 6.07) is 5.98. The van der Waals surface area contributed by atoms with Crippen LogP contribution in [0.3, 0.4) is 0 Å². The van der Waals surface area contributed by atoms with E-state index in [0.717, 1.165) is 58.7 Å². The molecule has 1 unspecified atom stereocenters. The van der Waals surface area contributed by atoms with Crippen LogP contribution in [-0.4, -0.2) is 33.2 Å². The second-order valence-corrected chi connectivity index (χ2v) is 6.65. The number of hydrogen-bond donors (Lipinski definition) is 0. The first-order valence-corrected chi connectivity index (χ1v) is 8.39. The minimum absolute atomic E-state index is 0.0190. The van der Waals surface area contributed by atoms with Crippen LogP contribution in [0, 0.1) is 0 Å². The number of ether oxygens (including phenoxy) is 3. The van der Waals surface area contributed by atoms with Crippen LogP contribution in [0.2, 0.25) is 0 Å². The Morgan fingerprint density at radius 2 is 2.17 bits per heavy atom. The van der Waals surface area contributed by atoms with E-state index in [4.69, 9.17) is 14.2 Å². The number of nitrogens with zero attached hydrogens (tertiary/aromatic N) is 4. The van der Waals surface area contributed by atoms with Gasteiger partial charge in [-0.2, -0.15) is 9.61 Å².